The van der Waals surface area contributed by atoms with E-state index in [9.17, 15) is 4.79 Å². The maximum Gasteiger partial charge on any atom is 0.277 e. The van der Waals surface area contributed by atoms with Crippen LogP contribution in [-0.2, 0) is 5.75 Å². The number of aromatic amines is 2. The Balaban J connectivity index is 1.81. The summed E-state index contributed by atoms with van der Waals surface area (Å²) in [5.41, 5.74) is 1.83. The standard InChI is InChI=1S/C12H9BrN4OS/c13-8-3-1-7(2-4-8)5-19-12-16-10-9(11(18)17-12)14-6-15-10/h1-4,6H,5H2,(H2,14,15,16,17,18). The van der Waals surface area contributed by atoms with Crippen molar-refractivity contribution in [2.75, 3.05) is 0 Å². The molecule has 2 heterocycles. The minimum atomic E-state index is -0.194. The fourth-order valence-electron chi connectivity index (χ4n) is 1.62. The van der Waals surface area contributed by atoms with Gasteiger partial charge in [0.25, 0.3) is 5.56 Å². The number of imidazole rings is 1. The van der Waals surface area contributed by atoms with Gasteiger partial charge in [-0.3, -0.25) is 9.78 Å². The molecule has 3 rings (SSSR count). The Hall–Kier alpha value is -1.60. The predicted molar refractivity (Wildman–Crippen MR) is 78.2 cm³/mol. The fraction of sp³-hybridized carbons (Fsp3) is 0.0833. The lowest BCUT2D eigenvalue weighted by atomic mass is 10.2. The highest BCUT2D eigenvalue weighted by molar-refractivity contribution is 9.10. The Kier molecular flexibility index (Phi) is 3.39. The summed E-state index contributed by atoms with van der Waals surface area (Å²) in [5, 5.41) is 0.576. The van der Waals surface area contributed by atoms with Crippen molar-refractivity contribution in [2.24, 2.45) is 0 Å². The number of thioether (sulfide) groups is 1. The van der Waals surface area contributed by atoms with E-state index in [0.29, 0.717) is 16.3 Å². The predicted octanol–water partition coefficient (Wildman–Crippen LogP) is 2.70. The molecule has 19 heavy (non-hydrogen) atoms. The highest BCUT2D eigenvalue weighted by Gasteiger charge is 2.06. The van der Waals surface area contributed by atoms with Gasteiger partial charge in [0, 0.05) is 10.2 Å². The highest BCUT2D eigenvalue weighted by atomic mass is 79.9. The summed E-state index contributed by atoms with van der Waals surface area (Å²) in [6, 6.07) is 8.04. The maximum absolute atomic E-state index is 11.7. The van der Waals surface area contributed by atoms with E-state index in [2.05, 4.69) is 35.9 Å². The highest BCUT2D eigenvalue weighted by Crippen LogP contribution is 2.20. The molecule has 96 valence electrons. The molecule has 0 aliphatic carbocycles. The molecule has 0 aliphatic rings. The van der Waals surface area contributed by atoms with Crippen molar-refractivity contribution in [3.8, 4) is 0 Å². The molecule has 2 aromatic heterocycles. The average molecular weight is 337 g/mol. The molecule has 0 radical (unpaired) electrons. The molecule has 0 aliphatic heterocycles. The van der Waals surface area contributed by atoms with Gasteiger partial charge in [-0.05, 0) is 17.7 Å². The van der Waals surface area contributed by atoms with Crippen LogP contribution in [-0.4, -0.2) is 19.9 Å². The Labute approximate surface area is 121 Å². The van der Waals surface area contributed by atoms with Crippen molar-refractivity contribution < 1.29 is 0 Å². The minimum Gasteiger partial charge on any atom is -0.339 e. The number of fused-ring (bicyclic) bond motifs is 1. The number of rotatable bonds is 3. The van der Waals surface area contributed by atoms with Crippen molar-refractivity contribution in [3.63, 3.8) is 0 Å². The van der Waals surface area contributed by atoms with Gasteiger partial charge in [0.2, 0.25) is 0 Å². The lowest BCUT2D eigenvalue weighted by Gasteiger charge is -2.01. The van der Waals surface area contributed by atoms with Crippen LogP contribution in [0.2, 0.25) is 0 Å². The third-order valence-electron chi connectivity index (χ3n) is 2.56. The number of halogens is 1. The SMILES string of the molecule is O=c1[nH]c(SCc2ccc(Br)cc2)nc2nc[nH]c12. The van der Waals surface area contributed by atoms with Crippen LogP contribution in [0.3, 0.4) is 0 Å². The maximum atomic E-state index is 11.7. The van der Waals surface area contributed by atoms with E-state index < -0.39 is 0 Å². The second-order valence-electron chi connectivity index (χ2n) is 3.89. The summed E-state index contributed by atoms with van der Waals surface area (Å²) < 4.78 is 1.05. The van der Waals surface area contributed by atoms with Crippen LogP contribution in [0.15, 0.2) is 45.0 Å². The van der Waals surface area contributed by atoms with Crippen molar-refractivity contribution >= 4 is 38.9 Å². The van der Waals surface area contributed by atoms with Gasteiger partial charge in [0.15, 0.2) is 16.3 Å². The van der Waals surface area contributed by atoms with E-state index in [-0.39, 0.29) is 5.56 Å². The molecular weight excluding hydrogens is 328 g/mol. The van der Waals surface area contributed by atoms with E-state index in [1.807, 2.05) is 24.3 Å². The smallest absolute Gasteiger partial charge is 0.277 e. The minimum absolute atomic E-state index is 0.194. The molecule has 7 heteroatoms. The molecule has 0 unspecified atom stereocenters. The van der Waals surface area contributed by atoms with Gasteiger partial charge in [0.05, 0.1) is 6.33 Å². The molecule has 0 saturated heterocycles. The summed E-state index contributed by atoms with van der Waals surface area (Å²) in [4.78, 5) is 25.5. The van der Waals surface area contributed by atoms with Crippen molar-refractivity contribution in [1.82, 2.24) is 19.9 Å². The van der Waals surface area contributed by atoms with Crippen LogP contribution in [0.4, 0.5) is 0 Å². The van der Waals surface area contributed by atoms with Crippen LogP contribution in [0, 0.1) is 0 Å². The summed E-state index contributed by atoms with van der Waals surface area (Å²) in [7, 11) is 0. The fourth-order valence-corrected chi connectivity index (χ4v) is 2.70. The Morgan fingerprint density at radius 3 is 2.84 bits per heavy atom. The molecule has 0 amide bonds. The number of hydrogen-bond donors (Lipinski definition) is 2. The number of aromatic nitrogens is 4. The van der Waals surface area contributed by atoms with Gasteiger partial charge in [-0.15, -0.1) is 0 Å². The quantitative estimate of drug-likeness (QED) is 0.569. The Morgan fingerprint density at radius 2 is 2.05 bits per heavy atom. The largest absolute Gasteiger partial charge is 0.339 e. The van der Waals surface area contributed by atoms with Crippen molar-refractivity contribution in [1.29, 1.82) is 0 Å². The van der Waals surface area contributed by atoms with E-state index in [1.54, 1.807) is 0 Å². The van der Waals surface area contributed by atoms with Gasteiger partial charge in [0.1, 0.15) is 0 Å². The first-order valence-corrected chi connectivity index (χ1v) is 7.31. The van der Waals surface area contributed by atoms with E-state index >= 15 is 0 Å². The third kappa shape index (κ3) is 2.71. The van der Waals surface area contributed by atoms with Crippen molar-refractivity contribution in [2.45, 2.75) is 10.9 Å². The monoisotopic (exact) mass is 336 g/mol. The number of H-pyrrole nitrogens is 2. The first kappa shape index (κ1) is 12.4. The topological polar surface area (TPSA) is 74.4 Å². The summed E-state index contributed by atoms with van der Waals surface area (Å²) in [5.74, 6) is 0.742. The van der Waals surface area contributed by atoms with Crippen LogP contribution in [0.5, 0.6) is 0 Å². The summed E-state index contributed by atoms with van der Waals surface area (Å²) in [6.07, 6.45) is 1.47. The van der Waals surface area contributed by atoms with Gasteiger partial charge in [-0.25, -0.2) is 9.97 Å². The summed E-state index contributed by atoms with van der Waals surface area (Å²) >= 11 is 4.87. The van der Waals surface area contributed by atoms with E-state index in [0.717, 1.165) is 15.8 Å². The normalized spacial score (nSPS) is 11.0. The molecule has 0 atom stereocenters. The molecule has 3 aromatic rings. The molecule has 0 fully saturated rings. The average Bonchev–Trinajstić information content (AvgIpc) is 2.87. The van der Waals surface area contributed by atoms with Gasteiger partial charge < -0.3 is 4.98 Å². The van der Waals surface area contributed by atoms with Gasteiger partial charge in [-0.1, -0.05) is 39.8 Å². The van der Waals surface area contributed by atoms with Crippen LogP contribution >= 0.6 is 27.7 Å². The lowest BCUT2D eigenvalue weighted by Crippen LogP contribution is -2.09. The van der Waals surface area contributed by atoms with Gasteiger partial charge in [-0.2, -0.15) is 0 Å². The zero-order valence-electron chi connectivity index (χ0n) is 9.68. The molecule has 2 N–H and O–H groups in total. The number of nitrogens with zero attached hydrogens (tertiary/aromatic N) is 2. The molecule has 0 saturated carbocycles. The number of benzene rings is 1. The zero-order chi connectivity index (χ0) is 13.2. The number of nitrogens with one attached hydrogen (secondary N) is 2. The molecule has 0 spiro atoms. The first-order chi connectivity index (χ1) is 9.22. The second-order valence-corrected chi connectivity index (χ2v) is 5.77. The van der Waals surface area contributed by atoms with Gasteiger partial charge >= 0.3 is 0 Å². The Morgan fingerprint density at radius 1 is 1.26 bits per heavy atom. The second kappa shape index (κ2) is 5.18. The molecule has 5 nitrogen and oxygen atoms in total. The van der Waals surface area contributed by atoms with E-state index in [1.165, 1.54) is 18.1 Å². The van der Waals surface area contributed by atoms with Crippen LogP contribution in [0.1, 0.15) is 5.56 Å². The first-order valence-electron chi connectivity index (χ1n) is 5.53. The van der Waals surface area contributed by atoms with E-state index in [4.69, 9.17) is 0 Å². The van der Waals surface area contributed by atoms with Crippen LogP contribution in [0.25, 0.3) is 11.2 Å². The zero-order valence-corrected chi connectivity index (χ0v) is 12.1. The third-order valence-corrected chi connectivity index (χ3v) is 4.04. The summed E-state index contributed by atoms with van der Waals surface area (Å²) in [6.45, 7) is 0. The van der Waals surface area contributed by atoms with Crippen molar-refractivity contribution in [3.05, 3.63) is 51.0 Å². The Bertz CT molecular complexity index is 765. The molecule has 0 bridgehead atoms. The number of hydrogen-bond acceptors (Lipinski definition) is 4. The van der Waals surface area contributed by atoms with Crippen LogP contribution < -0.4 is 5.56 Å². The lowest BCUT2D eigenvalue weighted by molar-refractivity contribution is 0.964. The molecule has 1 aromatic carbocycles. The molecular formula is C12H9BrN4OS.